The lowest BCUT2D eigenvalue weighted by atomic mass is 10.0. The third-order valence-corrected chi connectivity index (χ3v) is 27.4. The number of amides is 6. The number of aromatic nitrogens is 7. The van der Waals surface area contributed by atoms with E-state index in [9.17, 15) is 28.8 Å². The Labute approximate surface area is 808 Å². The van der Waals surface area contributed by atoms with Crippen LogP contribution in [-0.4, -0.2) is 184 Å². The summed E-state index contributed by atoms with van der Waals surface area (Å²) in [6.07, 6.45) is 10.9. The van der Waals surface area contributed by atoms with E-state index in [1.807, 2.05) is 188 Å². The predicted molar refractivity (Wildman–Crippen MR) is 545 cm³/mol. The van der Waals surface area contributed by atoms with E-state index in [4.69, 9.17) is 23.7 Å². The van der Waals surface area contributed by atoms with Gasteiger partial charge in [-0.1, -0.05) is 140 Å². The van der Waals surface area contributed by atoms with Crippen molar-refractivity contribution in [3.63, 3.8) is 0 Å². The van der Waals surface area contributed by atoms with Crippen molar-refractivity contribution >= 4 is 90.1 Å². The molecule has 27 heteroatoms. The molecule has 11 aromatic carbocycles. The number of fused-ring (bicyclic) bond motifs is 11. The van der Waals surface area contributed by atoms with Crippen LogP contribution in [0.3, 0.4) is 0 Å². The van der Waals surface area contributed by atoms with Crippen LogP contribution < -0.4 is 50.8 Å². The minimum Gasteiger partial charge on any atom is -0.497 e. The maximum absolute atomic E-state index is 12.2. The van der Waals surface area contributed by atoms with Crippen molar-refractivity contribution in [3.05, 3.63) is 316 Å². The van der Waals surface area contributed by atoms with Gasteiger partial charge in [-0.3, -0.25) is 38.6 Å². The summed E-state index contributed by atoms with van der Waals surface area (Å²) >= 11 is 0. The second-order valence-electron chi connectivity index (χ2n) is 36.4. The summed E-state index contributed by atoms with van der Waals surface area (Å²) in [5.74, 6) is 4.14. The molecule has 0 radical (unpaired) electrons. The third kappa shape index (κ3) is 19.8. The van der Waals surface area contributed by atoms with Crippen LogP contribution in [0.1, 0.15) is 140 Å². The fourth-order valence-corrected chi connectivity index (χ4v) is 20.2. The topological polar surface area (TPSA) is 338 Å². The molecule has 17 aromatic rings. The Hall–Kier alpha value is -15.8. The molecule has 0 bridgehead atoms. The van der Waals surface area contributed by atoms with Gasteiger partial charge in [0, 0.05) is 190 Å². The second kappa shape index (κ2) is 41.2. The molecule has 140 heavy (non-hydrogen) atoms. The first-order valence-corrected chi connectivity index (χ1v) is 48.5. The molecule has 3 fully saturated rings. The summed E-state index contributed by atoms with van der Waals surface area (Å²) in [6, 6.07) is 80.3. The zero-order valence-electron chi connectivity index (χ0n) is 78.0. The van der Waals surface area contributed by atoms with Gasteiger partial charge in [0.15, 0.2) is 0 Å². The Morgan fingerprint density at radius 2 is 0.657 bits per heavy atom. The van der Waals surface area contributed by atoms with Gasteiger partial charge in [-0.25, -0.2) is 4.98 Å². The van der Waals surface area contributed by atoms with Crippen LogP contribution in [0, 0.1) is 0 Å². The average Bonchev–Trinajstić information content (AvgIpc) is 1.69. The maximum atomic E-state index is 12.2. The number of benzene rings is 11. The number of methoxy groups -OCH3 is 1. The number of carbonyl (C=O) groups excluding carboxylic acids is 6. The lowest BCUT2D eigenvalue weighted by Crippen LogP contribution is -2.38. The Morgan fingerprint density at radius 3 is 1.06 bits per heavy atom. The van der Waals surface area contributed by atoms with Crippen molar-refractivity contribution in [3.8, 4) is 90.7 Å². The first-order chi connectivity index (χ1) is 68.8. The number of rotatable bonds is 20. The average molecular weight is 1870 g/mol. The number of hydrogen-bond donors (Lipinski definition) is 12. The molecule has 0 saturated carbocycles. The highest BCUT2D eigenvalue weighted by Crippen LogP contribution is 2.40. The number of nitrogens with zero attached hydrogens (tertiary/aromatic N) is 4. The SMILES string of the molecule is COc1ccc2nc(-c3cccc4c3C(=O)NC4)[nH]c2c1.O=C1NCc2cccc(-c3cc4cc(OCCCN5CCCCC5)ccc4[nH]3)c21.O=C1NCc2cccc(-c3cc4cc(OCCN5CCCCC5)ccc4[nH]3)c21.O=C1NCc2cccc(-c3cc4cc(OCCN5CCOCC5)ccc4[nH]3)c21.O=C1NCc2cccc(-c3cc4ccccc4[nH]3)c21.O=C1NCc2cccc(-c3ccc[nH]3)c21. The Balaban J connectivity index is 0.000000101. The van der Waals surface area contributed by atoms with Crippen LogP contribution in [0.15, 0.2) is 249 Å². The molecule has 26 rings (SSSR count). The van der Waals surface area contributed by atoms with Crippen molar-refractivity contribution in [1.82, 2.24) is 81.5 Å². The number of likely N-dealkylation sites (tertiary alicyclic amines) is 2. The number of aromatic amines is 6. The van der Waals surface area contributed by atoms with Gasteiger partial charge in [-0.2, -0.15) is 0 Å². The van der Waals surface area contributed by atoms with E-state index >= 15 is 0 Å². The van der Waals surface area contributed by atoms with Gasteiger partial charge < -0.3 is 90.4 Å². The highest BCUT2D eigenvalue weighted by molar-refractivity contribution is 6.10. The molecular weight excluding hydrogens is 1760 g/mol. The summed E-state index contributed by atoms with van der Waals surface area (Å²) < 4.78 is 28.6. The number of nitrogens with one attached hydrogen (secondary N) is 12. The minimum absolute atomic E-state index is 0.00334. The quantitative estimate of drug-likeness (QED) is 0.0316. The van der Waals surface area contributed by atoms with Gasteiger partial charge in [-0.05, 0) is 201 Å². The zero-order chi connectivity index (χ0) is 94.9. The van der Waals surface area contributed by atoms with Gasteiger partial charge in [0.1, 0.15) is 42.0 Å². The molecule has 6 amide bonds. The summed E-state index contributed by atoms with van der Waals surface area (Å²) in [5, 5.41) is 21.7. The van der Waals surface area contributed by atoms with E-state index in [0.29, 0.717) is 57.3 Å². The monoisotopic (exact) mass is 1870 g/mol. The van der Waals surface area contributed by atoms with Gasteiger partial charge >= 0.3 is 0 Å². The number of morpholine rings is 1. The summed E-state index contributed by atoms with van der Waals surface area (Å²) in [6.45, 7) is 17.2. The van der Waals surface area contributed by atoms with Gasteiger partial charge in [0.05, 0.1) is 71.3 Å². The van der Waals surface area contributed by atoms with Crippen LogP contribution >= 0.6 is 0 Å². The summed E-state index contributed by atoms with van der Waals surface area (Å²) in [4.78, 5) is 104. The lowest BCUT2D eigenvalue weighted by Gasteiger charge is -2.26. The van der Waals surface area contributed by atoms with E-state index in [1.165, 1.54) is 64.7 Å². The molecule has 15 heterocycles. The van der Waals surface area contributed by atoms with Gasteiger partial charge in [0.2, 0.25) is 0 Å². The summed E-state index contributed by atoms with van der Waals surface area (Å²) in [5.41, 5.74) is 27.5. The Bertz CT molecular complexity index is 7310. The van der Waals surface area contributed by atoms with E-state index in [0.717, 1.165) is 266 Å². The highest BCUT2D eigenvalue weighted by Gasteiger charge is 2.31. The summed E-state index contributed by atoms with van der Waals surface area (Å²) in [7, 11) is 1.63. The van der Waals surface area contributed by atoms with Crippen molar-refractivity contribution in [1.29, 1.82) is 0 Å². The fraction of sp³-hybridized carbons (Fsp3) is 0.248. The first kappa shape index (κ1) is 90.6. The van der Waals surface area contributed by atoms with Crippen LogP contribution in [-0.2, 0) is 44.0 Å². The molecular formula is C113H110N16O11. The number of imidazole rings is 1. The largest absolute Gasteiger partial charge is 0.497 e. The van der Waals surface area contributed by atoms with E-state index in [2.05, 4.69) is 142 Å². The number of carbonyl (C=O) groups is 6. The van der Waals surface area contributed by atoms with E-state index in [-0.39, 0.29) is 35.4 Å². The molecule has 0 spiro atoms. The molecule has 27 nitrogen and oxygen atoms in total. The fourth-order valence-electron chi connectivity index (χ4n) is 20.2. The first-order valence-electron chi connectivity index (χ1n) is 48.5. The standard InChI is InChI=1S/C24H27N3O2.C23H25N3O2.C22H23N3O3.C16H13N3O2.C16H12N2O.C12H10N2O/c28-24-23-17(16-25-24)6-4-7-20(23)22-15-18-14-19(8-9-21(18)26-22)29-13-5-12-27-10-2-1-3-11-27;27-23-22-16(15-24-23)5-4-6-19(22)21-14-17-13-18(7-8-20(17)25-21)28-12-11-26-9-2-1-3-10-26;26-22-21-15(14-23-22)2-1-3-18(21)20-13-16-12-17(4-5-19(16)24-20)28-11-8-25-6-9-27-10-7-25;1-21-10-5-6-12-13(7-10)19-15(18-12)11-4-2-3-9-8-17-16(20)14(9)11;19-16-15-11(9-17-16)5-3-6-12(15)14-8-10-4-1-2-7-13(10)18-14;15-12-11-8(7-14-12)3-1-4-9(11)10-5-2-6-13-10/h4,6-9,14-15,26H,1-3,5,10-13,16H2,(H,25,28);4-8,13-14,25H,1-3,9-12,15H2,(H,24,27);1-5,12-13,24H,6-11,14H2,(H,23,26);2-7H,8H2,1H3,(H,17,20)(H,18,19);1-8,18H,9H2,(H,17,19);1-6,13H,7H2,(H,14,15). The molecule has 3 saturated heterocycles. The molecule has 0 unspecified atom stereocenters. The Kier molecular flexibility index (Phi) is 26.7. The number of hydrogen-bond acceptors (Lipinski definition) is 15. The van der Waals surface area contributed by atoms with Crippen LogP contribution in [0.5, 0.6) is 23.0 Å². The normalized spacial score (nSPS) is 15.6. The van der Waals surface area contributed by atoms with Crippen molar-refractivity contribution in [2.75, 3.05) is 99.0 Å². The lowest BCUT2D eigenvalue weighted by molar-refractivity contribution is 0.0322. The number of piperidine rings is 2. The van der Waals surface area contributed by atoms with Crippen LogP contribution in [0.4, 0.5) is 0 Å². The molecule has 708 valence electrons. The van der Waals surface area contributed by atoms with Crippen molar-refractivity contribution < 1.29 is 52.5 Å². The smallest absolute Gasteiger partial charge is 0.252 e. The van der Waals surface area contributed by atoms with Crippen molar-refractivity contribution in [2.45, 2.75) is 84.2 Å². The molecule has 12 N–H and O–H groups in total. The second-order valence-corrected chi connectivity index (χ2v) is 36.4. The van der Waals surface area contributed by atoms with E-state index < -0.39 is 0 Å². The van der Waals surface area contributed by atoms with E-state index in [1.54, 1.807) is 7.11 Å². The third-order valence-electron chi connectivity index (χ3n) is 27.4. The number of ether oxygens (including phenoxy) is 5. The predicted octanol–water partition coefficient (Wildman–Crippen LogP) is 18.6. The minimum atomic E-state index is -0.0429. The van der Waals surface area contributed by atoms with Crippen LogP contribution in [0.25, 0.3) is 122 Å². The molecule has 0 atom stereocenters. The van der Waals surface area contributed by atoms with Crippen LogP contribution in [0.2, 0.25) is 0 Å². The molecule has 9 aliphatic rings. The van der Waals surface area contributed by atoms with Gasteiger partial charge in [-0.15, -0.1) is 0 Å². The number of para-hydroxylation sites is 1. The maximum Gasteiger partial charge on any atom is 0.252 e. The van der Waals surface area contributed by atoms with Crippen molar-refractivity contribution in [2.24, 2.45) is 0 Å². The molecule has 6 aromatic heterocycles. The number of H-pyrrole nitrogens is 6. The molecule has 0 aliphatic carbocycles. The zero-order valence-corrected chi connectivity index (χ0v) is 78.0. The molecule has 9 aliphatic heterocycles. The van der Waals surface area contributed by atoms with Gasteiger partial charge in [0.25, 0.3) is 35.4 Å². The highest BCUT2D eigenvalue weighted by atomic mass is 16.5. The Morgan fingerprint density at radius 1 is 0.300 bits per heavy atom.